The first-order chi connectivity index (χ1) is 18.1. The predicted octanol–water partition coefficient (Wildman–Crippen LogP) is 2.74. The number of ether oxygens (including phenoxy) is 3. The number of aryl methyl sites for hydroxylation is 1. The van der Waals surface area contributed by atoms with Crippen molar-refractivity contribution in [1.82, 2.24) is 15.1 Å². The zero-order chi connectivity index (χ0) is 28.8. The van der Waals surface area contributed by atoms with Gasteiger partial charge in [-0.2, -0.15) is 18.3 Å². The Balaban J connectivity index is 1.66. The summed E-state index contributed by atoms with van der Waals surface area (Å²) < 4.78 is 85.3. The standard InChI is InChI=1S/C23H28F3N5O7S/c1-13-20(10-30(29-13)16-11-36-12-16)39(34,35)31-9-17(8-27-14(2)32)37-19-6-5-15(7-18(19)31)28-21(33)38-22(3,4)23(24,25)26/h5-7,10,16-17H,8-9,11-12H2,1-4H3,(H,27,32)(H,28,33)/t17-/m0/s1. The molecule has 2 aromatic rings. The van der Waals surface area contributed by atoms with Crippen LogP contribution in [0.3, 0.4) is 0 Å². The van der Waals surface area contributed by atoms with Gasteiger partial charge in [-0.3, -0.25) is 19.1 Å². The van der Waals surface area contributed by atoms with Crippen LogP contribution in [0.5, 0.6) is 5.75 Å². The summed E-state index contributed by atoms with van der Waals surface area (Å²) in [4.78, 5) is 23.6. The van der Waals surface area contributed by atoms with Gasteiger partial charge in [0.1, 0.15) is 16.7 Å². The summed E-state index contributed by atoms with van der Waals surface area (Å²) in [5.41, 5.74) is -2.51. The molecule has 1 aromatic heterocycles. The Bertz CT molecular complexity index is 1370. The minimum Gasteiger partial charge on any atom is -0.484 e. The third-order valence-corrected chi connectivity index (χ3v) is 8.06. The number of carbonyl (C=O) groups excluding carboxylic acids is 2. The molecule has 214 valence electrons. The number of sulfonamides is 1. The Hall–Kier alpha value is -3.53. The van der Waals surface area contributed by atoms with E-state index in [1.165, 1.54) is 36.0 Å². The quantitative estimate of drug-likeness (QED) is 0.514. The molecule has 2 amide bonds. The highest BCUT2D eigenvalue weighted by molar-refractivity contribution is 7.92. The second kappa shape index (κ2) is 10.2. The van der Waals surface area contributed by atoms with Crippen LogP contribution in [0.15, 0.2) is 29.3 Å². The molecule has 0 saturated carbocycles. The molecule has 2 aliphatic heterocycles. The summed E-state index contributed by atoms with van der Waals surface area (Å²) >= 11 is 0. The van der Waals surface area contributed by atoms with E-state index in [4.69, 9.17) is 9.47 Å². The smallest absolute Gasteiger partial charge is 0.427 e. The molecule has 16 heteroatoms. The molecule has 12 nitrogen and oxygen atoms in total. The van der Waals surface area contributed by atoms with E-state index in [1.807, 2.05) is 0 Å². The van der Waals surface area contributed by atoms with E-state index < -0.39 is 34.0 Å². The van der Waals surface area contributed by atoms with Gasteiger partial charge < -0.3 is 19.5 Å². The number of carbonyl (C=O) groups is 2. The number of anilines is 2. The van der Waals surface area contributed by atoms with Crippen molar-refractivity contribution in [1.29, 1.82) is 0 Å². The summed E-state index contributed by atoms with van der Waals surface area (Å²) in [5.74, 6) is -0.217. The minimum absolute atomic E-state index is 0.0112. The number of hydrogen-bond donors (Lipinski definition) is 2. The number of aromatic nitrogens is 2. The lowest BCUT2D eigenvalue weighted by Crippen LogP contribution is -2.48. The molecule has 39 heavy (non-hydrogen) atoms. The maximum Gasteiger partial charge on any atom is 0.427 e. The van der Waals surface area contributed by atoms with Crippen molar-refractivity contribution in [2.45, 2.75) is 56.5 Å². The third kappa shape index (κ3) is 5.90. The average molecular weight is 576 g/mol. The van der Waals surface area contributed by atoms with E-state index in [1.54, 1.807) is 6.92 Å². The predicted molar refractivity (Wildman–Crippen MR) is 131 cm³/mol. The van der Waals surface area contributed by atoms with Gasteiger partial charge in [0.25, 0.3) is 10.0 Å². The summed E-state index contributed by atoms with van der Waals surface area (Å²) in [6.07, 6.45) is -5.54. The number of nitrogens with one attached hydrogen (secondary N) is 2. The van der Waals surface area contributed by atoms with E-state index in [0.717, 1.165) is 4.31 Å². The molecule has 2 aliphatic rings. The molecule has 1 atom stereocenters. The van der Waals surface area contributed by atoms with Gasteiger partial charge in [-0.1, -0.05) is 0 Å². The molecule has 2 N–H and O–H groups in total. The Labute approximate surface area is 222 Å². The number of benzene rings is 1. The Morgan fingerprint density at radius 2 is 1.92 bits per heavy atom. The highest BCUT2D eigenvalue weighted by Gasteiger charge is 2.51. The second-order valence-electron chi connectivity index (χ2n) is 9.67. The fourth-order valence-corrected chi connectivity index (χ4v) is 5.47. The lowest BCUT2D eigenvalue weighted by atomic mass is 10.1. The monoisotopic (exact) mass is 575 g/mol. The largest absolute Gasteiger partial charge is 0.484 e. The maximum absolute atomic E-state index is 13.9. The maximum atomic E-state index is 13.9. The summed E-state index contributed by atoms with van der Waals surface area (Å²) in [6, 6.07) is 3.85. The lowest BCUT2D eigenvalue weighted by molar-refractivity contribution is -0.242. The first-order valence-corrected chi connectivity index (χ1v) is 13.3. The number of alkyl halides is 3. The number of nitrogens with zero attached hydrogens (tertiary/aromatic N) is 3. The summed E-state index contributed by atoms with van der Waals surface area (Å²) in [6.45, 7) is 4.87. The van der Waals surface area contributed by atoms with Gasteiger partial charge in [0.2, 0.25) is 11.5 Å². The highest BCUT2D eigenvalue weighted by atomic mass is 32.2. The van der Waals surface area contributed by atoms with Gasteiger partial charge in [-0.05, 0) is 39.0 Å². The lowest BCUT2D eigenvalue weighted by Gasteiger charge is -2.35. The molecular weight excluding hydrogens is 547 g/mol. The van der Waals surface area contributed by atoms with Crippen LogP contribution in [0.1, 0.15) is 32.5 Å². The van der Waals surface area contributed by atoms with Crippen LogP contribution in [0.4, 0.5) is 29.3 Å². The highest BCUT2D eigenvalue weighted by Crippen LogP contribution is 2.40. The molecule has 0 aliphatic carbocycles. The van der Waals surface area contributed by atoms with Gasteiger partial charge >= 0.3 is 12.3 Å². The zero-order valence-electron chi connectivity index (χ0n) is 21.5. The topological polar surface area (TPSA) is 141 Å². The van der Waals surface area contributed by atoms with Crippen molar-refractivity contribution < 1.29 is 45.4 Å². The van der Waals surface area contributed by atoms with Gasteiger partial charge in [-0.25, -0.2) is 13.2 Å². The van der Waals surface area contributed by atoms with Crippen LogP contribution in [0.2, 0.25) is 0 Å². The number of halogens is 3. The van der Waals surface area contributed by atoms with Crippen LogP contribution in [-0.4, -0.2) is 74.4 Å². The van der Waals surface area contributed by atoms with E-state index in [-0.39, 0.29) is 52.8 Å². The second-order valence-corrected chi connectivity index (χ2v) is 11.5. The van der Waals surface area contributed by atoms with Crippen LogP contribution in [0.25, 0.3) is 0 Å². The Morgan fingerprint density at radius 3 is 2.51 bits per heavy atom. The molecule has 0 unspecified atom stereocenters. The SMILES string of the molecule is CC(=O)NC[C@H]1CN(S(=O)(=O)c2cn(C3COC3)nc2C)c2cc(NC(=O)OC(C)(C)C(F)(F)F)ccc2O1. The van der Waals surface area contributed by atoms with Gasteiger partial charge in [-0.15, -0.1) is 0 Å². The van der Waals surface area contributed by atoms with E-state index in [9.17, 15) is 31.2 Å². The third-order valence-electron chi connectivity index (χ3n) is 6.18. The molecule has 0 spiro atoms. The van der Waals surface area contributed by atoms with Crippen molar-refractivity contribution in [3.05, 3.63) is 30.1 Å². The average Bonchev–Trinajstić information content (AvgIpc) is 3.16. The molecular formula is C23H28F3N5O7S. The molecule has 1 aromatic carbocycles. The number of rotatable bonds is 7. The molecule has 1 saturated heterocycles. The zero-order valence-corrected chi connectivity index (χ0v) is 22.4. The number of hydrogen-bond acceptors (Lipinski definition) is 8. The number of amides is 2. The van der Waals surface area contributed by atoms with Crippen molar-refractivity contribution in [2.75, 3.05) is 35.9 Å². The molecule has 3 heterocycles. The van der Waals surface area contributed by atoms with Gasteiger partial charge in [0.05, 0.1) is 43.7 Å². The number of fused-ring (bicyclic) bond motifs is 1. The van der Waals surface area contributed by atoms with Crippen LogP contribution in [-0.2, 0) is 24.3 Å². The molecule has 4 rings (SSSR count). The summed E-state index contributed by atoms with van der Waals surface area (Å²) in [7, 11) is -4.24. The van der Waals surface area contributed by atoms with Crippen molar-refractivity contribution in [3.8, 4) is 5.75 Å². The van der Waals surface area contributed by atoms with Crippen molar-refractivity contribution >= 4 is 33.4 Å². The summed E-state index contributed by atoms with van der Waals surface area (Å²) in [5, 5.41) is 9.11. The van der Waals surface area contributed by atoms with Crippen molar-refractivity contribution in [3.63, 3.8) is 0 Å². The van der Waals surface area contributed by atoms with Crippen LogP contribution < -0.4 is 19.7 Å². The minimum atomic E-state index is -4.81. The van der Waals surface area contributed by atoms with Crippen molar-refractivity contribution in [2.24, 2.45) is 0 Å². The fourth-order valence-electron chi connectivity index (χ4n) is 3.81. The van der Waals surface area contributed by atoms with E-state index in [0.29, 0.717) is 27.1 Å². The first kappa shape index (κ1) is 28.5. The fraction of sp³-hybridized carbons (Fsp3) is 0.522. The van der Waals surface area contributed by atoms with Gasteiger partial charge in [0.15, 0.2) is 0 Å². The normalized spacial score (nSPS) is 18.0. The van der Waals surface area contributed by atoms with Gasteiger partial charge in [0, 0.05) is 18.8 Å². The molecule has 0 radical (unpaired) electrons. The first-order valence-electron chi connectivity index (χ1n) is 11.9. The Morgan fingerprint density at radius 1 is 1.23 bits per heavy atom. The van der Waals surface area contributed by atoms with E-state index in [2.05, 4.69) is 20.5 Å². The Kier molecular flexibility index (Phi) is 7.46. The molecule has 0 bridgehead atoms. The van der Waals surface area contributed by atoms with Crippen LogP contribution >= 0.6 is 0 Å². The van der Waals surface area contributed by atoms with Crippen LogP contribution in [0, 0.1) is 6.92 Å². The van der Waals surface area contributed by atoms with E-state index >= 15 is 0 Å². The molecule has 1 fully saturated rings.